The highest BCUT2D eigenvalue weighted by molar-refractivity contribution is 7.89. The van der Waals surface area contributed by atoms with Crippen LogP contribution in [0.25, 0.3) is 0 Å². The van der Waals surface area contributed by atoms with Crippen LogP contribution in [-0.4, -0.2) is 74.1 Å². The van der Waals surface area contributed by atoms with Crippen LogP contribution in [0, 0.1) is 0 Å². The predicted molar refractivity (Wildman–Crippen MR) is 103 cm³/mol. The quantitative estimate of drug-likeness (QED) is 0.673. The van der Waals surface area contributed by atoms with Gasteiger partial charge in [-0.3, -0.25) is 14.4 Å². The Kier molecular flexibility index (Phi) is 7.14. The Balaban J connectivity index is 2.12. The number of amides is 3. The van der Waals surface area contributed by atoms with Crippen molar-refractivity contribution in [2.24, 2.45) is 0 Å². The molecule has 10 heteroatoms. The number of nitrogens with zero attached hydrogens (tertiary/aromatic N) is 2. The third-order valence-corrected chi connectivity index (χ3v) is 6.40. The van der Waals surface area contributed by atoms with Crippen molar-refractivity contribution < 1.29 is 22.8 Å². The molecule has 2 N–H and O–H groups in total. The number of carbonyl (C=O) groups excluding carboxylic acids is 3. The van der Waals surface area contributed by atoms with Gasteiger partial charge in [-0.05, 0) is 32.0 Å². The minimum absolute atomic E-state index is 0.00193. The molecule has 1 saturated heterocycles. The molecule has 0 aromatic heterocycles. The summed E-state index contributed by atoms with van der Waals surface area (Å²) in [5.41, 5.74) is 0.152. The van der Waals surface area contributed by atoms with E-state index in [0.29, 0.717) is 19.6 Å². The monoisotopic (exact) mass is 410 g/mol. The first-order chi connectivity index (χ1) is 13.2. The molecule has 0 aliphatic carbocycles. The number of carbonyl (C=O) groups is 3. The van der Waals surface area contributed by atoms with E-state index in [4.69, 9.17) is 0 Å². The number of sulfonamides is 1. The average molecular weight is 410 g/mol. The van der Waals surface area contributed by atoms with Gasteiger partial charge in [0, 0.05) is 45.2 Å². The van der Waals surface area contributed by atoms with Crippen LogP contribution in [0.5, 0.6) is 0 Å². The van der Waals surface area contributed by atoms with Crippen LogP contribution in [0.2, 0.25) is 0 Å². The number of likely N-dealkylation sites (N-methyl/N-ethyl adjacent to an activating group) is 1. The fourth-order valence-electron chi connectivity index (χ4n) is 2.86. The van der Waals surface area contributed by atoms with Crippen LogP contribution in [0.3, 0.4) is 0 Å². The van der Waals surface area contributed by atoms with Gasteiger partial charge in [0.25, 0.3) is 5.91 Å². The molecule has 154 valence electrons. The Bertz CT molecular complexity index is 847. The number of nitrogens with one attached hydrogen (secondary N) is 2. The average Bonchev–Trinajstić information content (AvgIpc) is 2.68. The molecule has 1 aromatic carbocycles. The maximum atomic E-state index is 12.9. The second-order valence-electron chi connectivity index (χ2n) is 6.53. The highest BCUT2D eigenvalue weighted by Crippen LogP contribution is 2.19. The first kappa shape index (κ1) is 21.8. The summed E-state index contributed by atoms with van der Waals surface area (Å²) in [5.74, 6) is -0.933. The van der Waals surface area contributed by atoms with Gasteiger partial charge in [-0.15, -0.1) is 0 Å². The summed E-state index contributed by atoms with van der Waals surface area (Å²) >= 11 is 0. The predicted octanol–water partition coefficient (Wildman–Crippen LogP) is -0.206. The largest absolute Gasteiger partial charge is 0.355 e. The summed E-state index contributed by atoms with van der Waals surface area (Å²) in [4.78, 5) is 37.2. The first-order valence-corrected chi connectivity index (χ1v) is 10.5. The molecular formula is C18H26N4O5S. The van der Waals surface area contributed by atoms with Crippen LogP contribution < -0.4 is 10.6 Å². The second-order valence-corrected chi connectivity index (χ2v) is 8.47. The van der Waals surface area contributed by atoms with Crippen molar-refractivity contribution in [3.8, 4) is 0 Å². The van der Waals surface area contributed by atoms with Crippen LogP contribution in [0.1, 0.15) is 31.1 Å². The van der Waals surface area contributed by atoms with E-state index in [1.54, 1.807) is 18.7 Å². The molecule has 28 heavy (non-hydrogen) atoms. The van der Waals surface area contributed by atoms with Crippen molar-refractivity contribution in [3.05, 3.63) is 29.8 Å². The van der Waals surface area contributed by atoms with Crippen LogP contribution in [0.15, 0.2) is 29.2 Å². The highest BCUT2D eigenvalue weighted by atomic mass is 32.2. The topological polar surface area (TPSA) is 116 Å². The fraction of sp³-hybridized carbons (Fsp3) is 0.500. The van der Waals surface area contributed by atoms with Crippen molar-refractivity contribution in [2.45, 2.75) is 31.7 Å². The number of hydrogen-bond acceptors (Lipinski definition) is 5. The highest BCUT2D eigenvalue weighted by Gasteiger charge is 2.29. The number of piperazine rings is 1. The lowest BCUT2D eigenvalue weighted by Gasteiger charge is -2.33. The van der Waals surface area contributed by atoms with Gasteiger partial charge in [0.05, 0.1) is 4.90 Å². The summed E-state index contributed by atoms with van der Waals surface area (Å²) < 4.78 is 27.1. The van der Waals surface area contributed by atoms with E-state index in [0.717, 1.165) is 0 Å². The summed E-state index contributed by atoms with van der Waals surface area (Å²) in [7, 11) is -3.78. The SMILES string of the molecule is CCNC(=O)[C@H](C)NC(=O)c1cccc(S(=O)(=O)N2CCN(C(C)=O)CC2)c1. The maximum absolute atomic E-state index is 12.9. The molecule has 1 aliphatic rings. The smallest absolute Gasteiger partial charge is 0.251 e. The number of benzene rings is 1. The van der Waals surface area contributed by atoms with Gasteiger partial charge in [0.15, 0.2) is 0 Å². The van der Waals surface area contributed by atoms with Gasteiger partial charge in [-0.1, -0.05) is 6.07 Å². The van der Waals surface area contributed by atoms with E-state index in [1.165, 1.54) is 35.5 Å². The van der Waals surface area contributed by atoms with Gasteiger partial charge in [0.2, 0.25) is 21.8 Å². The molecule has 1 aromatic rings. The van der Waals surface area contributed by atoms with E-state index in [2.05, 4.69) is 10.6 Å². The van der Waals surface area contributed by atoms with E-state index in [1.807, 2.05) is 0 Å². The molecule has 1 heterocycles. The minimum atomic E-state index is -3.78. The molecule has 3 amide bonds. The molecule has 2 rings (SSSR count). The molecule has 0 saturated carbocycles. The van der Waals surface area contributed by atoms with Crippen molar-refractivity contribution in [2.75, 3.05) is 32.7 Å². The molecule has 1 aliphatic heterocycles. The van der Waals surface area contributed by atoms with Crippen molar-refractivity contribution in [3.63, 3.8) is 0 Å². The van der Waals surface area contributed by atoms with E-state index >= 15 is 0 Å². The van der Waals surface area contributed by atoms with E-state index in [9.17, 15) is 22.8 Å². The zero-order valence-corrected chi connectivity index (χ0v) is 17.1. The summed E-state index contributed by atoms with van der Waals surface area (Å²) in [6.45, 7) is 6.30. The Hall–Kier alpha value is -2.46. The summed E-state index contributed by atoms with van der Waals surface area (Å²) in [6, 6.07) is 4.97. The third kappa shape index (κ3) is 5.08. The molecule has 0 bridgehead atoms. The van der Waals surface area contributed by atoms with Crippen LogP contribution in [-0.2, 0) is 19.6 Å². The van der Waals surface area contributed by atoms with Gasteiger partial charge in [-0.25, -0.2) is 8.42 Å². The van der Waals surface area contributed by atoms with Gasteiger partial charge in [-0.2, -0.15) is 4.31 Å². The molecule has 9 nitrogen and oxygen atoms in total. The zero-order valence-electron chi connectivity index (χ0n) is 16.3. The van der Waals surface area contributed by atoms with Crippen molar-refractivity contribution in [1.82, 2.24) is 19.8 Å². The Morgan fingerprint density at radius 2 is 1.79 bits per heavy atom. The summed E-state index contributed by atoms with van der Waals surface area (Å²) in [6.07, 6.45) is 0. The van der Waals surface area contributed by atoms with Gasteiger partial charge < -0.3 is 15.5 Å². The second kappa shape index (κ2) is 9.16. The first-order valence-electron chi connectivity index (χ1n) is 9.11. The molecule has 1 fully saturated rings. The fourth-order valence-corrected chi connectivity index (χ4v) is 4.33. The van der Waals surface area contributed by atoms with Gasteiger partial charge >= 0.3 is 0 Å². The lowest BCUT2D eigenvalue weighted by molar-refractivity contribution is -0.130. The van der Waals surface area contributed by atoms with Crippen molar-refractivity contribution in [1.29, 1.82) is 0 Å². The summed E-state index contributed by atoms with van der Waals surface area (Å²) in [5, 5.41) is 5.16. The van der Waals surface area contributed by atoms with Crippen LogP contribution >= 0.6 is 0 Å². The number of rotatable bonds is 6. The normalized spacial score (nSPS) is 16.3. The molecule has 0 radical (unpaired) electrons. The van der Waals surface area contributed by atoms with Crippen LogP contribution in [0.4, 0.5) is 0 Å². The maximum Gasteiger partial charge on any atom is 0.251 e. The Labute approximate surface area is 165 Å². The lowest BCUT2D eigenvalue weighted by Crippen LogP contribution is -2.49. The molecular weight excluding hydrogens is 384 g/mol. The zero-order chi connectivity index (χ0) is 20.9. The Morgan fingerprint density at radius 3 is 2.36 bits per heavy atom. The standard InChI is InChI=1S/C18H26N4O5S/c1-4-19-17(24)13(2)20-18(25)15-6-5-7-16(12-15)28(26,27)22-10-8-21(9-11-22)14(3)23/h5-7,12-13H,4,8-11H2,1-3H3,(H,19,24)(H,20,25)/t13-/m0/s1. The lowest BCUT2D eigenvalue weighted by atomic mass is 10.2. The Morgan fingerprint density at radius 1 is 1.14 bits per heavy atom. The van der Waals surface area contributed by atoms with E-state index < -0.39 is 22.0 Å². The van der Waals surface area contributed by atoms with E-state index in [-0.39, 0.29) is 35.4 Å². The minimum Gasteiger partial charge on any atom is -0.355 e. The molecule has 0 spiro atoms. The van der Waals surface area contributed by atoms with Crippen molar-refractivity contribution >= 4 is 27.7 Å². The molecule has 1 atom stereocenters. The number of hydrogen-bond donors (Lipinski definition) is 2. The molecule has 0 unspecified atom stereocenters. The third-order valence-electron chi connectivity index (χ3n) is 4.51. The van der Waals surface area contributed by atoms with Gasteiger partial charge in [0.1, 0.15) is 6.04 Å².